The first-order valence-corrected chi connectivity index (χ1v) is 4.84. The molecule has 1 unspecified atom stereocenters. The van der Waals surface area contributed by atoms with E-state index in [2.05, 4.69) is 31.2 Å². The van der Waals surface area contributed by atoms with Crippen LogP contribution in [-0.4, -0.2) is 20.8 Å². The predicted octanol–water partition coefficient (Wildman–Crippen LogP) is 2.58. The van der Waals surface area contributed by atoms with Crippen LogP contribution in [0.2, 0.25) is 0 Å². The van der Waals surface area contributed by atoms with Gasteiger partial charge in [0.1, 0.15) is 0 Å². The molecule has 14 heavy (non-hydrogen) atoms. The number of rotatable bonds is 5. The van der Waals surface area contributed by atoms with E-state index in [0.29, 0.717) is 12.5 Å². The fraction of sp³-hybridized carbons (Fsp3) is 0.500. The van der Waals surface area contributed by atoms with E-state index in [1.54, 1.807) is 14.2 Å². The van der Waals surface area contributed by atoms with Crippen LogP contribution in [0.1, 0.15) is 24.0 Å². The third kappa shape index (κ3) is 3.13. The van der Waals surface area contributed by atoms with Crippen LogP contribution in [0.4, 0.5) is 0 Å². The molecule has 0 aromatic heterocycles. The number of hydrogen-bond acceptors (Lipinski definition) is 2. The molecule has 1 rings (SSSR count). The normalized spacial score (nSPS) is 12.8. The van der Waals surface area contributed by atoms with Crippen LogP contribution in [0.5, 0.6) is 0 Å². The minimum Gasteiger partial charge on any atom is -0.384 e. The zero-order valence-corrected chi connectivity index (χ0v) is 9.12. The van der Waals surface area contributed by atoms with Gasteiger partial charge in [0.05, 0.1) is 13.2 Å². The van der Waals surface area contributed by atoms with Crippen molar-refractivity contribution in [3.8, 4) is 0 Å². The van der Waals surface area contributed by atoms with Crippen LogP contribution in [0.3, 0.4) is 0 Å². The Hall–Kier alpha value is -0.860. The lowest BCUT2D eigenvalue weighted by molar-refractivity contribution is 0.183. The molecule has 1 atom stereocenters. The number of benzene rings is 1. The average molecular weight is 194 g/mol. The molecule has 0 bridgehead atoms. The quantitative estimate of drug-likeness (QED) is 0.717. The summed E-state index contributed by atoms with van der Waals surface area (Å²) in [6.07, 6.45) is 0. The fourth-order valence-electron chi connectivity index (χ4n) is 1.46. The molecular weight excluding hydrogens is 176 g/mol. The van der Waals surface area contributed by atoms with E-state index in [1.807, 2.05) is 0 Å². The Balaban J connectivity index is 2.62. The molecule has 2 nitrogen and oxygen atoms in total. The summed E-state index contributed by atoms with van der Waals surface area (Å²) in [5, 5.41) is 0. The van der Waals surface area contributed by atoms with Crippen LogP contribution in [-0.2, 0) is 16.1 Å². The summed E-state index contributed by atoms with van der Waals surface area (Å²) < 4.78 is 10.2. The Morgan fingerprint density at radius 2 is 1.71 bits per heavy atom. The molecule has 2 heteroatoms. The van der Waals surface area contributed by atoms with Crippen molar-refractivity contribution in [3.05, 3.63) is 35.4 Å². The van der Waals surface area contributed by atoms with Gasteiger partial charge in [0.25, 0.3) is 0 Å². The van der Waals surface area contributed by atoms with Crippen LogP contribution >= 0.6 is 0 Å². The average Bonchev–Trinajstić information content (AvgIpc) is 2.20. The molecule has 0 saturated carbocycles. The van der Waals surface area contributed by atoms with Gasteiger partial charge in [-0.25, -0.2) is 0 Å². The lowest BCUT2D eigenvalue weighted by Gasteiger charge is -2.10. The third-order valence-electron chi connectivity index (χ3n) is 2.28. The zero-order valence-electron chi connectivity index (χ0n) is 9.12. The second-order valence-corrected chi connectivity index (χ2v) is 3.53. The van der Waals surface area contributed by atoms with Crippen molar-refractivity contribution < 1.29 is 9.47 Å². The molecule has 0 amide bonds. The van der Waals surface area contributed by atoms with E-state index < -0.39 is 0 Å². The van der Waals surface area contributed by atoms with E-state index in [1.165, 1.54) is 11.1 Å². The molecule has 0 aliphatic rings. The summed E-state index contributed by atoms with van der Waals surface area (Å²) in [6, 6.07) is 8.48. The molecule has 0 spiro atoms. The molecule has 1 aromatic carbocycles. The van der Waals surface area contributed by atoms with E-state index in [0.717, 1.165) is 6.61 Å². The Bertz CT molecular complexity index is 254. The summed E-state index contributed by atoms with van der Waals surface area (Å²) >= 11 is 0. The molecule has 0 fully saturated rings. The third-order valence-corrected chi connectivity index (χ3v) is 2.28. The van der Waals surface area contributed by atoms with Gasteiger partial charge >= 0.3 is 0 Å². The van der Waals surface area contributed by atoms with E-state index in [-0.39, 0.29) is 0 Å². The maximum Gasteiger partial charge on any atom is 0.0713 e. The molecule has 0 aliphatic carbocycles. The number of ether oxygens (including phenoxy) is 2. The first-order chi connectivity index (χ1) is 6.77. The molecule has 0 saturated heterocycles. The van der Waals surface area contributed by atoms with Gasteiger partial charge in [-0.15, -0.1) is 0 Å². The van der Waals surface area contributed by atoms with E-state index in [4.69, 9.17) is 9.47 Å². The SMILES string of the molecule is COCc1ccc(C(C)COC)cc1. The molecule has 0 radical (unpaired) electrons. The van der Waals surface area contributed by atoms with Gasteiger partial charge in [-0.3, -0.25) is 0 Å². The zero-order chi connectivity index (χ0) is 10.4. The summed E-state index contributed by atoms with van der Waals surface area (Å²) in [6.45, 7) is 3.61. The first kappa shape index (κ1) is 11.2. The smallest absolute Gasteiger partial charge is 0.0713 e. The maximum atomic E-state index is 5.11. The Morgan fingerprint density at radius 3 is 2.21 bits per heavy atom. The van der Waals surface area contributed by atoms with Crippen molar-refractivity contribution in [1.29, 1.82) is 0 Å². The van der Waals surface area contributed by atoms with Gasteiger partial charge in [-0.05, 0) is 11.1 Å². The van der Waals surface area contributed by atoms with Gasteiger partial charge in [-0.1, -0.05) is 31.2 Å². The van der Waals surface area contributed by atoms with Crippen LogP contribution in [0.15, 0.2) is 24.3 Å². The van der Waals surface area contributed by atoms with Crippen LogP contribution in [0, 0.1) is 0 Å². The highest BCUT2D eigenvalue weighted by molar-refractivity contribution is 5.24. The summed E-state index contributed by atoms with van der Waals surface area (Å²) in [7, 11) is 3.44. The van der Waals surface area contributed by atoms with Crippen molar-refractivity contribution in [3.63, 3.8) is 0 Å². The molecule has 0 N–H and O–H groups in total. The highest BCUT2D eigenvalue weighted by atomic mass is 16.5. The molecule has 78 valence electrons. The molecular formula is C12H18O2. The summed E-state index contributed by atoms with van der Waals surface area (Å²) in [5.41, 5.74) is 2.52. The number of hydrogen-bond donors (Lipinski definition) is 0. The molecule has 0 heterocycles. The van der Waals surface area contributed by atoms with E-state index >= 15 is 0 Å². The Kier molecular flexibility index (Phi) is 4.63. The van der Waals surface area contributed by atoms with Crippen molar-refractivity contribution in [2.45, 2.75) is 19.4 Å². The fourth-order valence-corrected chi connectivity index (χ4v) is 1.46. The van der Waals surface area contributed by atoms with Gasteiger partial charge in [0.15, 0.2) is 0 Å². The van der Waals surface area contributed by atoms with Gasteiger partial charge in [-0.2, -0.15) is 0 Å². The van der Waals surface area contributed by atoms with E-state index in [9.17, 15) is 0 Å². The first-order valence-electron chi connectivity index (χ1n) is 4.84. The predicted molar refractivity (Wildman–Crippen MR) is 57.4 cm³/mol. The van der Waals surface area contributed by atoms with Crippen molar-refractivity contribution in [2.75, 3.05) is 20.8 Å². The summed E-state index contributed by atoms with van der Waals surface area (Å²) in [4.78, 5) is 0. The molecule has 0 aliphatic heterocycles. The standard InChI is InChI=1S/C12H18O2/c1-10(8-13-2)12-6-4-11(5-7-12)9-14-3/h4-7,10H,8-9H2,1-3H3. The Labute approximate surface area is 85.8 Å². The second-order valence-electron chi connectivity index (χ2n) is 3.53. The van der Waals surface area contributed by atoms with Gasteiger partial charge in [0.2, 0.25) is 0 Å². The van der Waals surface area contributed by atoms with Gasteiger partial charge < -0.3 is 9.47 Å². The molecule has 1 aromatic rings. The lowest BCUT2D eigenvalue weighted by Crippen LogP contribution is -2.01. The topological polar surface area (TPSA) is 18.5 Å². The van der Waals surface area contributed by atoms with Crippen LogP contribution < -0.4 is 0 Å². The lowest BCUT2D eigenvalue weighted by atomic mass is 10.0. The van der Waals surface area contributed by atoms with Crippen LogP contribution in [0.25, 0.3) is 0 Å². The summed E-state index contributed by atoms with van der Waals surface area (Å²) in [5.74, 6) is 0.455. The van der Waals surface area contributed by atoms with Crippen molar-refractivity contribution in [2.24, 2.45) is 0 Å². The minimum atomic E-state index is 0.455. The largest absolute Gasteiger partial charge is 0.384 e. The highest BCUT2D eigenvalue weighted by Gasteiger charge is 2.04. The number of methoxy groups -OCH3 is 2. The maximum absolute atomic E-state index is 5.11. The minimum absolute atomic E-state index is 0.455. The van der Waals surface area contributed by atoms with Crippen molar-refractivity contribution >= 4 is 0 Å². The van der Waals surface area contributed by atoms with Crippen molar-refractivity contribution in [1.82, 2.24) is 0 Å². The second kappa shape index (κ2) is 5.78. The Morgan fingerprint density at radius 1 is 1.07 bits per heavy atom. The van der Waals surface area contributed by atoms with Gasteiger partial charge in [0, 0.05) is 20.1 Å². The monoisotopic (exact) mass is 194 g/mol. The highest BCUT2D eigenvalue weighted by Crippen LogP contribution is 2.16.